The number of piperidine rings is 1. The van der Waals surface area contributed by atoms with E-state index in [1.807, 2.05) is 12.1 Å². The molecule has 2 heterocycles. The number of ether oxygens (including phenoxy) is 1. The van der Waals surface area contributed by atoms with Crippen LogP contribution in [0.3, 0.4) is 0 Å². The smallest absolute Gasteiger partial charge is 0.125 e. The van der Waals surface area contributed by atoms with Gasteiger partial charge in [-0.15, -0.1) is 0 Å². The Labute approximate surface area is 112 Å². The molecule has 1 aromatic carbocycles. The van der Waals surface area contributed by atoms with Crippen molar-refractivity contribution in [3.63, 3.8) is 0 Å². The van der Waals surface area contributed by atoms with Crippen molar-refractivity contribution in [1.29, 1.82) is 0 Å². The van der Waals surface area contributed by atoms with E-state index >= 15 is 0 Å². The number of hydrogen-bond acceptors (Lipinski definition) is 3. The monoisotopic (exact) mass is 260 g/mol. The average molecular weight is 260 g/mol. The van der Waals surface area contributed by atoms with Gasteiger partial charge in [0.1, 0.15) is 5.82 Å². The third-order valence-electron chi connectivity index (χ3n) is 3.80. The Balaban J connectivity index is 1.93. The van der Waals surface area contributed by atoms with E-state index in [1.54, 1.807) is 13.3 Å². The van der Waals surface area contributed by atoms with Gasteiger partial charge in [0.25, 0.3) is 0 Å². The number of hydrogen-bond donors (Lipinski definition) is 0. The Hall–Kier alpha value is -1.68. The highest BCUT2D eigenvalue weighted by molar-refractivity contribution is 5.91. The van der Waals surface area contributed by atoms with Gasteiger partial charge in [-0.2, -0.15) is 0 Å². The van der Waals surface area contributed by atoms with Gasteiger partial charge < -0.3 is 9.64 Å². The summed E-state index contributed by atoms with van der Waals surface area (Å²) in [7, 11) is 1.77. The summed E-state index contributed by atoms with van der Waals surface area (Å²) in [5.74, 6) is -0.241. The standard InChI is InChI=1S/C15H17FN2O/c1-19-12-5-8-18(9-6-12)15-4-7-17-14-10-11(16)2-3-13(14)15/h2-4,7,10,12H,5-6,8-9H2,1H3. The van der Waals surface area contributed by atoms with Crippen LogP contribution in [-0.2, 0) is 4.74 Å². The fourth-order valence-electron chi connectivity index (χ4n) is 2.71. The summed E-state index contributed by atoms with van der Waals surface area (Å²) in [6, 6.07) is 6.80. The predicted octanol–water partition coefficient (Wildman–Crippen LogP) is 2.99. The van der Waals surface area contributed by atoms with Crippen molar-refractivity contribution in [2.24, 2.45) is 0 Å². The number of halogens is 1. The molecule has 0 saturated carbocycles. The van der Waals surface area contributed by atoms with Crippen LogP contribution in [-0.4, -0.2) is 31.3 Å². The molecule has 0 radical (unpaired) electrons. The van der Waals surface area contributed by atoms with Crippen molar-refractivity contribution >= 4 is 16.6 Å². The predicted molar refractivity (Wildman–Crippen MR) is 73.9 cm³/mol. The molecule has 0 atom stereocenters. The summed E-state index contributed by atoms with van der Waals surface area (Å²) in [4.78, 5) is 6.57. The van der Waals surface area contributed by atoms with Gasteiger partial charge in [0.2, 0.25) is 0 Å². The second-order valence-electron chi connectivity index (χ2n) is 4.91. The Kier molecular flexibility index (Phi) is 3.34. The maximum atomic E-state index is 13.2. The van der Waals surface area contributed by atoms with Gasteiger partial charge in [0.05, 0.1) is 11.6 Å². The molecule has 1 aliphatic heterocycles. The molecule has 0 spiro atoms. The van der Waals surface area contributed by atoms with Crippen molar-refractivity contribution < 1.29 is 9.13 Å². The number of fused-ring (bicyclic) bond motifs is 1. The fourth-order valence-corrected chi connectivity index (χ4v) is 2.71. The van der Waals surface area contributed by atoms with E-state index in [1.165, 1.54) is 12.1 Å². The molecular formula is C15H17FN2O. The van der Waals surface area contributed by atoms with Gasteiger partial charge in [-0.3, -0.25) is 4.98 Å². The van der Waals surface area contributed by atoms with E-state index in [4.69, 9.17) is 4.74 Å². The molecule has 1 aliphatic rings. The van der Waals surface area contributed by atoms with Crippen molar-refractivity contribution in [2.75, 3.05) is 25.1 Å². The van der Waals surface area contributed by atoms with Crippen LogP contribution in [0, 0.1) is 5.82 Å². The van der Waals surface area contributed by atoms with Crippen molar-refractivity contribution in [1.82, 2.24) is 4.98 Å². The lowest BCUT2D eigenvalue weighted by Crippen LogP contribution is -2.36. The molecule has 2 aromatic rings. The minimum Gasteiger partial charge on any atom is -0.381 e. The van der Waals surface area contributed by atoms with Crippen LogP contribution in [0.5, 0.6) is 0 Å². The molecule has 100 valence electrons. The Morgan fingerprint density at radius 2 is 2.05 bits per heavy atom. The number of aromatic nitrogens is 1. The van der Waals surface area contributed by atoms with Crippen molar-refractivity contribution in [2.45, 2.75) is 18.9 Å². The number of nitrogens with zero attached hydrogens (tertiary/aromatic N) is 2. The molecule has 3 nitrogen and oxygen atoms in total. The summed E-state index contributed by atoms with van der Waals surface area (Å²) in [6.45, 7) is 1.93. The molecule has 4 heteroatoms. The van der Waals surface area contributed by atoms with Gasteiger partial charge in [0, 0.05) is 43.5 Å². The zero-order chi connectivity index (χ0) is 13.2. The molecule has 0 N–H and O–H groups in total. The first kappa shape index (κ1) is 12.4. The first-order valence-electron chi connectivity index (χ1n) is 6.60. The molecule has 3 rings (SSSR count). The SMILES string of the molecule is COC1CCN(c2ccnc3cc(F)ccc23)CC1. The number of benzene rings is 1. The average Bonchev–Trinajstić information content (AvgIpc) is 2.46. The maximum absolute atomic E-state index is 13.2. The number of rotatable bonds is 2. The van der Waals surface area contributed by atoms with E-state index in [2.05, 4.69) is 9.88 Å². The minimum atomic E-state index is -0.241. The topological polar surface area (TPSA) is 25.4 Å². The van der Waals surface area contributed by atoms with Gasteiger partial charge in [-0.25, -0.2) is 4.39 Å². The highest BCUT2D eigenvalue weighted by Crippen LogP contribution is 2.28. The zero-order valence-corrected chi connectivity index (χ0v) is 11.0. The molecule has 0 amide bonds. The zero-order valence-electron chi connectivity index (χ0n) is 11.0. The molecule has 0 bridgehead atoms. The molecule has 1 aromatic heterocycles. The quantitative estimate of drug-likeness (QED) is 0.830. The van der Waals surface area contributed by atoms with Gasteiger partial charge in [-0.1, -0.05) is 0 Å². The summed E-state index contributed by atoms with van der Waals surface area (Å²) >= 11 is 0. The Bertz CT molecular complexity index is 579. The van der Waals surface area contributed by atoms with Crippen LogP contribution in [0.1, 0.15) is 12.8 Å². The van der Waals surface area contributed by atoms with E-state index in [-0.39, 0.29) is 5.82 Å². The van der Waals surface area contributed by atoms with Crippen molar-refractivity contribution in [3.8, 4) is 0 Å². The largest absolute Gasteiger partial charge is 0.381 e. The molecule has 19 heavy (non-hydrogen) atoms. The normalized spacial score (nSPS) is 17.1. The minimum absolute atomic E-state index is 0.241. The third-order valence-corrected chi connectivity index (χ3v) is 3.80. The first-order chi connectivity index (χ1) is 9.28. The summed E-state index contributed by atoms with van der Waals surface area (Å²) < 4.78 is 18.6. The Morgan fingerprint density at radius 3 is 2.79 bits per heavy atom. The fraction of sp³-hybridized carbons (Fsp3) is 0.400. The van der Waals surface area contributed by atoms with Crippen LogP contribution < -0.4 is 4.90 Å². The van der Waals surface area contributed by atoms with Crippen LogP contribution in [0.4, 0.5) is 10.1 Å². The second-order valence-corrected chi connectivity index (χ2v) is 4.91. The lowest BCUT2D eigenvalue weighted by Gasteiger charge is -2.33. The van der Waals surface area contributed by atoms with E-state index in [9.17, 15) is 4.39 Å². The van der Waals surface area contributed by atoms with E-state index in [0.717, 1.165) is 37.0 Å². The highest BCUT2D eigenvalue weighted by Gasteiger charge is 2.20. The van der Waals surface area contributed by atoms with Crippen LogP contribution >= 0.6 is 0 Å². The number of pyridine rings is 1. The molecular weight excluding hydrogens is 243 g/mol. The number of anilines is 1. The molecule has 1 saturated heterocycles. The summed E-state index contributed by atoms with van der Waals surface area (Å²) in [5.41, 5.74) is 1.85. The maximum Gasteiger partial charge on any atom is 0.125 e. The lowest BCUT2D eigenvalue weighted by atomic mass is 10.1. The van der Waals surface area contributed by atoms with Crippen LogP contribution in [0.15, 0.2) is 30.5 Å². The molecule has 0 aliphatic carbocycles. The summed E-state index contributed by atoms with van der Waals surface area (Å²) in [6.07, 6.45) is 4.17. The third kappa shape index (κ3) is 2.40. The first-order valence-corrected chi connectivity index (χ1v) is 6.60. The molecule has 1 fully saturated rings. The van der Waals surface area contributed by atoms with Gasteiger partial charge >= 0.3 is 0 Å². The second kappa shape index (κ2) is 5.13. The van der Waals surface area contributed by atoms with E-state index in [0.29, 0.717) is 11.6 Å². The Morgan fingerprint density at radius 1 is 1.26 bits per heavy atom. The van der Waals surface area contributed by atoms with Crippen LogP contribution in [0.2, 0.25) is 0 Å². The highest BCUT2D eigenvalue weighted by atomic mass is 19.1. The van der Waals surface area contributed by atoms with Gasteiger partial charge in [-0.05, 0) is 31.0 Å². The lowest BCUT2D eigenvalue weighted by molar-refractivity contribution is 0.0819. The van der Waals surface area contributed by atoms with Crippen LogP contribution in [0.25, 0.3) is 10.9 Å². The van der Waals surface area contributed by atoms with Crippen molar-refractivity contribution in [3.05, 3.63) is 36.3 Å². The summed E-state index contributed by atoms with van der Waals surface area (Å²) in [5, 5.41) is 1.01. The van der Waals surface area contributed by atoms with E-state index < -0.39 is 0 Å². The molecule has 0 unspecified atom stereocenters. The van der Waals surface area contributed by atoms with Gasteiger partial charge in [0.15, 0.2) is 0 Å². The number of methoxy groups -OCH3 is 1.